The Balaban J connectivity index is 1.74. The van der Waals surface area contributed by atoms with Crippen LogP contribution in [-0.2, 0) is 4.79 Å². The summed E-state index contributed by atoms with van der Waals surface area (Å²) in [4.78, 5) is 16.7. The highest BCUT2D eigenvalue weighted by Crippen LogP contribution is 2.21. The van der Waals surface area contributed by atoms with Crippen LogP contribution in [-0.4, -0.2) is 54.5 Å². The third kappa shape index (κ3) is 3.93. The SMILES string of the molecule is CC(C)[C@H](N)C(=O)N1CCC(CN2CCCC2)CC1. The molecule has 2 rings (SSSR count). The van der Waals surface area contributed by atoms with Crippen LogP contribution < -0.4 is 5.73 Å². The molecule has 2 fully saturated rings. The lowest BCUT2D eigenvalue weighted by Gasteiger charge is -2.35. The smallest absolute Gasteiger partial charge is 0.239 e. The van der Waals surface area contributed by atoms with Crippen LogP contribution in [0.3, 0.4) is 0 Å². The lowest BCUT2D eigenvalue weighted by atomic mass is 9.95. The average molecular weight is 267 g/mol. The Hall–Kier alpha value is -0.610. The van der Waals surface area contributed by atoms with Gasteiger partial charge in [-0.25, -0.2) is 0 Å². The molecule has 110 valence electrons. The Morgan fingerprint density at radius 2 is 1.74 bits per heavy atom. The van der Waals surface area contributed by atoms with Crippen molar-refractivity contribution in [2.45, 2.75) is 45.6 Å². The minimum Gasteiger partial charge on any atom is -0.341 e. The van der Waals surface area contributed by atoms with E-state index in [1.807, 2.05) is 18.7 Å². The topological polar surface area (TPSA) is 49.6 Å². The Morgan fingerprint density at radius 1 is 1.16 bits per heavy atom. The molecule has 0 unspecified atom stereocenters. The number of nitrogens with two attached hydrogens (primary N) is 1. The summed E-state index contributed by atoms with van der Waals surface area (Å²) in [6, 6.07) is -0.324. The number of carbonyl (C=O) groups excluding carboxylic acids is 1. The quantitative estimate of drug-likeness (QED) is 0.835. The summed E-state index contributed by atoms with van der Waals surface area (Å²) < 4.78 is 0. The summed E-state index contributed by atoms with van der Waals surface area (Å²) in [6.45, 7) is 9.62. The number of carbonyl (C=O) groups is 1. The first kappa shape index (κ1) is 14.8. The van der Waals surface area contributed by atoms with Gasteiger partial charge in [-0.3, -0.25) is 4.79 Å². The molecule has 0 bridgehead atoms. The predicted molar refractivity (Wildman–Crippen MR) is 77.8 cm³/mol. The summed E-state index contributed by atoms with van der Waals surface area (Å²) in [7, 11) is 0. The van der Waals surface area contributed by atoms with Crippen LogP contribution in [0.15, 0.2) is 0 Å². The Morgan fingerprint density at radius 3 is 2.26 bits per heavy atom. The number of rotatable bonds is 4. The fourth-order valence-electron chi connectivity index (χ4n) is 3.16. The minimum absolute atomic E-state index is 0.148. The molecule has 4 heteroatoms. The summed E-state index contributed by atoms with van der Waals surface area (Å²) in [5, 5.41) is 0. The van der Waals surface area contributed by atoms with Crippen molar-refractivity contribution in [2.24, 2.45) is 17.6 Å². The molecule has 0 saturated carbocycles. The first-order valence-electron chi connectivity index (χ1n) is 7.84. The van der Waals surface area contributed by atoms with E-state index in [2.05, 4.69) is 4.90 Å². The molecule has 0 radical (unpaired) electrons. The molecule has 2 N–H and O–H groups in total. The highest BCUT2D eigenvalue weighted by atomic mass is 16.2. The van der Waals surface area contributed by atoms with Crippen LogP contribution >= 0.6 is 0 Å². The van der Waals surface area contributed by atoms with E-state index in [1.165, 1.54) is 32.5 Å². The van der Waals surface area contributed by atoms with Gasteiger partial charge in [0.15, 0.2) is 0 Å². The molecule has 1 amide bonds. The first-order chi connectivity index (χ1) is 9.08. The molecule has 4 nitrogen and oxygen atoms in total. The van der Waals surface area contributed by atoms with Crippen LogP contribution in [0.25, 0.3) is 0 Å². The summed E-state index contributed by atoms with van der Waals surface area (Å²) in [5.74, 6) is 1.15. The summed E-state index contributed by atoms with van der Waals surface area (Å²) in [6.07, 6.45) is 5.02. The highest BCUT2D eigenvalue weighted by molar-refractivity contribution is 5.82. The Labute approximate surface area is 117 Å². The first-order valence-corrected chi connectivity index (χ1v) is 7.84. The van der Waals surface area contributed by atoms with Crippen LogP contribution in [0, 0.1) is 11.8 Å². The molecule has 0 aromatic rings. The van der Waals surface area contributed by atoms with Crippen molar-refractivity contribution >= 4 is 5.91 Å². The zero-order valence-corrected chi connectivity index (χ0v) is 12.5. The van der Waals surface area contributed by atoms with E-state index < -0.39 is 0 Å². The third-order valence-electron chi connectivity index (χ3n) is 4.64. The molecule has 0 aromatic heterocycles. The lowest BCUT2D eigenvalue weighted by molar-refractivity contribution is -0.135. The number of likely N-dealkylation sites (tertiary alicyclic amines) is 2. The Bertz CT molecular complexity index is 292. The number of amides is 1. The van der Waals surface area contributed by atoms with Crippen LogP contribution in [0.4, 0.5) is 0 Å². The van der Waals surface area contributed by atoms with Gasteiger partial charge in [0.25, 0.3) is 0 Å². The zero-order chi connectivity index (χ0) is 13.8. The van der Waals surface area contributed by atoms with E-state index in [1.54, 1.807) is 0 Å². The van der Waals surface area contributed by atoms with Gasteiger partial charge in [0.2, 0.25) is 5.91 Å². The van der Waals surface area contributed by atoms with Crippen molar-refractivity contribution in [1.82, 2.24) is 9.80 Å². The molecule has 19 heavy (non-hydrogen) atoms. The van der Waals surface area contributed by atoms with Crippen molar-refractivity contribution in [3.8, 4) is 0 Å². The largest absolute Gasteiger partial charge is 0.341 e. The van der Waals surface area contributed by atoms with Gasteiger partial charge in [0.1, 0.15) is 0 Å². The van der Waals surface area contributed by atoms with Gasteiger partial charge in [-0.1, -0.05) is 13.8 Å². The van der Waals surface area contributed by atoms with Crippen molar-refractivity contribution in [2.75, 3.05) is 32.7 Å². The van der Waals surface area contributed by atoms with E-state index >= 15 is 0 Å². The van der Waals surface area contributed by atoms with Gasteiger partial charge in [-0.2, -0.15) is 0 Å². The van der Waals surface area contributed by atoms with E-state index in [0.29, 0.717) is 0 Å². The van der Waals surface area contributed by atoms with Gasteiger partial charge in [-0.15, -0.1) is 0 Å². The monoisotopic (exact) mass is 267 g/mol. The summed E-state index contributed by atoms with van der Waals surface area (Å²) in [5.41, 5.74) is 5.96. The molecule has 2 aliphatic heterocycles. The number of piperidine rings is 1. The normalized spacial score (nSPS) is 24.1. The fourth-order valence-corrected chi connectivity index (χ4v) is 3.16. The van der Waals surface area contributed by atoms with Gasteiger partial charge in [0, 0.05) is 19.6 Å². The van der Waals surface area contributed by atoms with Gasteiger partial charge >= 0.3 is 0 Å². The zero-order valence-electron chi connectivity index (χ0n) is 12.5. The number of hydrogen-bond acceptors (Lipinski definition) is 3. The minimum atomic E-state index is -0.324. The fraction of sp³-hybridized carbons (Fsp3) is 0.933. The maximum atomic E-state index is 12.2. The second-order valence-corrected chi connectivity index (χ2v) is 6.55. The predicted octanol–water partition coefficient (Wildman–Crippen LogP) is 1.30. The van der Waals surface area contributed by atoms with Gasteiger partial charge < -0.3 is 15.5 Å². The maximum Gasteiger partial charge on any atom is 0.239 e. The standard InChI is InChI=1S/C15H29N3O/c1-12(2)14(16)15(19)18-9-5-13(6-10-18)11-17-7-3-4-8-17/h12-14H,3-11,16H2,1-2H3/t14-/m0/s1. The maximum absolute atomic E-state index is 12.2. The van der Waals surface area contributed by atoms with E-state index in [9.17, 15) is 4.79 Å². The summed E-state index contributed by atoms with van der Waals surface area (Å²) >= 11 is 0. The average Bonchev–Trinajstić information content (AvgIpc) is 2.90. The molecule has 2 aliphatic rings. The van der Waals surface area contributed by atoms with Crippen LogP contribution in [0.2, 0.25) is 0 Å². The van der Waals surface area contributed by atoms with Crippen molar-refractivity contribution < 1.29 is 4.79 Å². The lowest BCUT2D eigenvalue weighted by Crippen LogP contribution is -2.50. The third-order valence-corrected chi connectivity index (χ3v) is 4.64. The highest BCUT2D eigenvalue weighted by Gasteiger charge is 2.28. The van der Waals surface area contributed by atoms with Crippen LogP contribution in [0.1, 0.15) is 39.5 Å². The molecule has 1 atom stereocenters. The van der Waals surface area contributed by atoms with Gasteiger partial charge in [0.05, 0.1) is 6.04 Å². The van der Waals surface area contributed by atoms with Gasteiger partial charge in [-0.05, 0) is 50.6 Å². The molecular weight excluding hydrogens is 238 g/mol. The molecule has 0 aromatic carbocycles. The molecule has 2 saturated heterocycles. The molecule has 2 heterocycles. The second kappa shape index (κ2) is 6.71. The van der Waals surface area contributed by atoms with E-state index in [4.69, 9.17) is 5.73 Å². The molecular formula is C15H29N3O. The van der Waals surface area contributed by atoms with Crippen molar-refractivity contribution in [3.63, 3.8) is 0 Å². The Kier molecular flexibility index (Phi) is 5.22. The second-order valence-electron chi connectivity index (χ2n) is 6.55. The number of hydrogen-bond donors (Lipinski definition) is 1. The van der Waals surface area contributed by atoms with E-state index in [-0.39, 0.29) is 17.9 Å². The van der Waals surface area contributed by atoms with E-state index in [0.717, 1.165) is 31.8 Å². The van der Waals surface area contributed by atoms with Crippen molar-refractivity contribution in [3.05, 3.63) is 0 Å². The number of nitrogens with zero attached hydrogens (tertiary/aromatic N) is 2. The molecule has 0 spiro atoms. The van der Waals surface area contributed by atoms with Crippen LogP contribution in [0.5, 0.6) is 0 Å². The van der Waals surface area contributed by atoms with Crippen molar-refractivity contribution in [1.29, 1.82) is 0 Å². The molecule has 0 aliphatic carbocycles.